The van der Waals surface area contributed by atoms with Crippen molar-refractivity contribution in [3.8, 4) is 11.5 Å². The Morgan fingerprint density at radius 2 is 2.11 bits per heavy atom. The molecule has 3 rings (SSSR count). The molecule has 27 heavy (non-hydrogen) atoms. The molecule has 0 radical (unpaired) electrons. The summed E-state index contributed by atoms with van der Waals surface area (Å²) in [6.07, 6.45) is 3.79. The van der Waals surface area contributed by atoms with Gasteiger partial charge in [0.25, 0.3) is 0 Å². The molecule has 1 aromatic carbocycles. The maximum atomic E-state index is 12.8. The predicted octanol–water partition coefficient (Wildman–Crippen LogP) is 1.45. The molecule has 144 valence electrons. The Hall–Kier alpha value is -3.03. The van der Waals surface area contributed by atoms with Crippen LogP contribution in [0.5, 0.6) is 11.5 Å². The van der Waals surface area contributed by atoms with Gasteiger partial charge in [0.05, 0.1) is 32.0 Å². The first-order valence-corrected chi connectivity index (χ1v) is 8.67. The molecule has 2 heterocycles. The van der Waals surface area contributed by atoms with Crippen LogP contribution < -0.4 is 14.4 Å². The zero-order valence-electron chi connectivity index (χ0n) is 16.0. The van der Waals surface area contributed by atoms with E-state index in [1.54, 1.807) is 60.1 Å². The minimum Gasteiger partial charge on any atom is -0.497 e. The second-order valence-corrected chi connectivity index (χ2v) is 6.66. The SMILES string of the molecule is COc1ccc(N2C[C@@H](C(=O)N(C)Cc3cnn(C)c3)CC2=O)c(OC)c1. The van der Waals surface area contributed by atoms with Crippen LogP contribution in [0.4, 0.5) is 5.69 Å². The Morgan fingerprint density at radius 1 is 1.33 bits per heavy atom. The Bertz CT molecular complexity index is 848. The highest BCUT2D eigenvalue weighted by atomic mass is 16.5. The van der Waals surface area contributed by atoms with E-state index >= 15 is 0 Å². The topological polar surface area (TPSA) is 76.9 Å². The van der Waals surface area contributed by atoms with E-state index in [0.29, 0.717) is 30.3 Å². The van der Waals surface area contributed by atoms with Gasteiger partial charge in [0.2, 0.25) is 11.8 Å². The van der Waals surface area contributed by atoms with Gasteiger partial charge < -0.3 is 19.3 Å². The molecule has 0 spiro atoms. The summed E-state index contributed by atoms with van der Waals surface area (Å²) in [5.74, 6) is 0.658. The average Bonchev–Trinajstić information content (AvgIpc) is 3.25. The van der Waals surface area contributed by atoms with Gasteiger partial charge in [-0.3, -0.25) is 14.3 Å². The highest BCUT2D eigenvalue weighted by Gasteiger charge is 2.37. The molecule has 0 aliphatic carbocycles. The molecule has 1 aliphatic rings. The van der Waals surface area contributed by atoms with Crippen molar-refractivity contribution in [3.63, 3.8) is 0 Å². The van der Waals surface area contributed by atoms with Crippen LogP contribution in [0.3, 0.4) is 0 Å². The van der Waals surface area contributed by atoms with Crippen LogP contribution in [-0.2, 0) is 23.2 Å². The number of aryl methyl sites for hydroxylation is 1. The molecule has 8 heteroatoms. The Labute approximate surface area is 158 Å². The van der Waals surface area contributed by atoms with Gasteiger partial charge >= 0.3 is 0 Å². The molecule has 1 atom stereocenters. The number of methoxy groups -OCH3 is 2. The number of nitrogens with zero attached hydrogens (tertiary/aromatic N) is 4. The maximum absolute atomic E-state index is 12.8. The van der Waals surface area contributed by atoms with Gasteiger partial charge in [0.1, 0.15) is 11.5 Å². The smallest absolute Gasteiger partial charge is 0.228 e. The first kappa shape index (κ1) is 18.8. The van der Waals surface area contributed by atoms with Gasteiger partial charge in [-0.15, -0.1) is 0 Å². The van der Waals surface area contributed by atoms with E-state index in [2.05, 4.69) is 5.10 Å². The molecule has 2 aromatic rings. The van der Waals surface area contributed by atoms with E-state index in [1.165, 1.54) is 0 Å². The van der Waals surface area contributed by atoms with Crippen molar-refractivity contribution in [1.82, 2.24) is 14.7 Å². The molecule has 0 saturated carbocycles. The van der Waals surface area contributed by atoms with Crippen molar-refractivity contribution in [2.24, 2.45) is 13.0 Å². The molecule has 0 bridgehead atoms. The van der Waals surface area contributed by atoms with Crippen molar-refractivity contribution in [2.75, 3.05) is 32.7 Å². The van der Waals surface area contributed by atoms with Crippen molar-refractivity contribution in [2.45, 2.75) is 13.0 Å². The molecule has 1 aliphatic heterocycles. The first-order chi connectivity index (χ1) is 12.9. The van der Waals surface area contributed by atoms with E-state index in [9.17, 15) is 9.59 Å². The molecule has 1 fully saturated rings. The fourth-order valence-corrected chi connectivity index (χ4v) is 3.33. The van der Waals surface area contributed by atoms with Gasteiger partial charge in [-0.25, -0.2) is 0 Å². The lowest BCUT2D eigenvalue weighted by molar-refractivity contribution is -0.135. The second kappa shape index (κ2) is 7.69. The summed E-state index contributed by atoms with van der Waals surface area (Å²) in [5, 5.41) is 4.12. The molecule has 0 unspecified atom stereocenters. The van der Waals surface area contributed by atoms with E-state index in [4.69, 9.17) is 9.47 Å². The monoisotopic (exact) mass is 372 g/mol. The van der Waals surface area contributed by atoms with Crippen molar-refractivity contribution in [1.29, 1.82) is 0 Å². The zero-order valence-corrected chi connectivity index (χ0v) is 16.0. The second-order valence-electron chi connectivity index (χ2n) is 6.66. The van der Waals surface area contributed by atoms with Gasteiger partial charge in [-0.05, 0) is 12.1 Å². The normalized spacial score (nSPS) is 16.5. The third-order valence-corrected chi connectivity index (χ3v) is 4.71. The van der Waals surface area contributed by atoms with Gasteiger partial charge in [-0.1, -0.05) is 0 Å². The number of hydrogen-bond acceptors (Lipinski definition) is 5. The van der Waals surface area contributed by atoms with E-state index in [1.807, 2.05) is 13.2 Å². The van der Waals surface area contributed by atoms with Gasteiger partial charge in [-0.2, -0.15) is 5.10 Å². The van der Waals surface area contributed by atoms with E-state index in [0.717, 1.165) is 5.56 Å². The van der Waals surface area contributed by atoms with Gasteiger partial charge in [0, 0.05) is 51.4 Å². The van der Waals surface area contributed by atoms with Crippen LogP contribution in [0.25, 0.3) is 0 Å². The van der Waals surface area contributed by atoms with Crippen LogP contribution in [-0.4, -0.2) is 54.3 Å². The standard InChI is InChI=1S/C19H24N4O4/c1-21(10-13-9-20-22(2)11-13)19(25)14-7-18(24)23(12-14)16-6-5-15(26-3)8-17(16)27-4/h5-6,8-9,11,14H,7,10,12H2,1-4H3/t14-/m0/s1. The highest BCUT2D eigenvalue weighted by Crippen LogP contribution is 2.36. The lowest BCUT2D eigenvalue weighted by Gasteiger charge is -2.22. The summed E-state index contributed by atoms with van der Waals surface area (Å²) in [5.41, 5.74) is 1.60. The summed E-state index contributed by atoms with van der Waals surface area (Å²) >= 11 is 0. The number of amides is 2. The molecule has 2 amide bonds. The molecule has 0 N–H and O–H groups in total. The minimum absolute atomic E-state index is 0.0535. The summed E-state index contributed by atoms with van der Waals surface area (Å²) in [6.45, 7) is 0.793. The largest absolute Gasteiger partial charge is 0.497 e. The molecular formula is C19H24N4O4. The fraction of sp³-hybridized carbons (Fsp3) is 0.421. The summed E-state index contributed by atoms with van der Waals surface area (Å²) in [7, 11) is 6.70. The van der Waals surface area contributed by atoms with Crippen LogP contribution in [0.1, 0.15) is 12.0 Å². The quantitative estimate of drug-likeness (QED) is 0.767. The van der Waals surface area contributed by atoms with Crippen LogP contribution in [0, 0.1) is 5.92 Å². The number of aromatic nitrogens is 2. The van der Waals surface area contributed by atoms with Crippen LogP contribution in [0.15, 0.2) is 30.6 Å². The number of anilines is 1. The number of carbonyl (C=O) groups excluding carboxylic acids is 2. The van der Waals surface area contributed by atoms with Crippen molar-refractivity contribution >= 4 is 17.5 Å². The molecule has 8 nitrogen and oxygen atoms in total. The number of rotatable bonds is 6. The van der Waals surface area contributed by atoms with E-state index < -0.39 is 0 Å². The van der Waals surface area contributed by atoms with E-state index in [-0.39, 0.29) is 24.2 Å². The zero-order chi connectivity index (χ0) is 19.6. The summed E-state index contributed by atoms with van der Waals surface area (Å²) in [4.78, 5) is 28.6. The average molecular weight is 372 g/mol. The third kappa shape index (κ3) is 3.89. The fourth-order valence-electron chi connectivity index (χ4n) is 3.33. The molecular weight excluding hydrogens is 348 g/mol. The lowest BCUT2D eigenvalue weighted by atomic mass is 10.1. The van der Waals surface area contributed by atoms with Crippen molar-refractivity contribution < 1.29 is 19.1 Å². The van der Waals surface area contributed by atoms with Crippen LogP contribution >= 0.6 is 0 Å². The summed E-state index contributed by atoms with van der Waals surface area (Å²) in [6, 6.07) is 5.28. The van der Waals surface area contributed by atoms with Crippen LogP contribution in [0.2, 0.25) is 0 Å². The molecule has 1 saturated heterocycles. The maximum Gasteiger partial charge on any atom is 0.228 e. The highest BCUT2D eigenvalue weighted by molar-refractivity contribution is 6.01. The molecule has 1 aromatic heterocycles. The Morgan fingerprint density at radius 3 is 2.74 bits per heavy atom. The van der Waals surface area contributed by atoms with Crippen molar-refractivity contribution in [3.05, 3.63) is 36.2 Å². The number of benzene rings is 1. The third-order valence-electron chi connectivity index (χ3n) is 4.71. The van der Waals surface area contributed by atoms with Gasteiger partial charge in [0.15, 0.2) is 0 Å². The predicted molar refractivity (Wildman–Crippen MR) is 99.7 cm³/mol. The Balaban J connectivity index is 1.72. The lowest BCUT2D eigenvalue weighted by Crippen LogP contribution is -2.34. The number of carbonyl (C=O) groups is 2. The number of hydrogen-bond donors (Lipinski definition) is 0. The first-order valence-electron chi connectivity index (χ1n) is 8.67. The number of ether oxygens (including phenoxy) is 2. The summed E-state index contributed by atoms with van der Waals surface area (Å²) < 4.78 is 12.3. The minimum atomic E-state index is -0.383. The Kier molecular flexibility index (Phi) is 5.34.